The minimum absolute atomic E-state index is 0.0706. The molecule has 2 aliphatic rings. The number of aromatic nitrogens is 5. The Hall–Kier alpha value is -4.43. The molecule has 0 radical (unpaired) electrons. The lowest BCUT2D eigenvalue weighted by molar-refractivity contribution is 0.0918. The molecule has 1 saturated heterocycles. The summed E-state index contributed by atoms with van der Waals surface area (Å²) in [5.74, 6) is 6.66. The number of piperidine rings is 1. The second-order valence-corrected chi connectivity index (χ2v) is 11.3. The smallest absolute Gasteiger partial charge is 0.331 e. The van der Waals surface area contributed by atoms with Gasteiger partial charge in [0.15, 0.2) is 0 Å². The Morgan fingerprint density at radius 1 is 1.10 bits per heavy atom. The molecule has 4 aromatic rings. The summed E-state index contributed by atoms with van der Waals surface area (Å²) in [6.07, 6.45) is 4.62. The van der Waals surface area contributed by atoms with E-state index in [4.69, 9.17) is 5.73 Å². The highest BCUT2D eigenvalue weighted by Gasteiger charge is 2.34. The van der Waals surface area contributed by atoms with Crippen LogP contribution in [0, 0.1) is 18.8 Å². The van der Waals surface area contributed by atoms with E-state index in [9.17, 15) is 14.4 Å². The van der Waals surface area contributed by atoms with E-state index in [1.54, 1.807) is 18.5 Å². The van der Waals surface area contributed by atoms with Crippen molar-refractivity contribution in [2.45, 2.75) is 71.1 Å². The maximum Gasteiger partial charge on any atom is 0.331 e. The Morgan fingerprint density at radius 3 is 2.60 bits per heavy atom. The van der Waals surface area contributed by atoms with E-state index in [1.807, 2.05) is 31.2 Å². The number of benzene rings is 1. The third-order valence-electron chi connectivity index (χ3n) is 8.49. The molecule has 1 saturated carbocycles. The fraction of sp³-hybridized carbons (Fsp3) is 0.452. The van der Waals surface area contributed by atoms with Crippen LogP contribution in [-0.2, 0) is 20.1 Å². The zero-order chi connectivity index (χ0) is 29.5. The molecule has 1 aliphatic carbocycles. The first kappa shape index (κ1) is 27.7. The molecule has 218 valence electrons. The number of carbonyl (C=O) groups excluding carboxylic acids is 1. The molecule has 2 fully saturated rings. The van der Waals surface area contributed by atoms with E-state index >= 15 is 0 Å². The Morgan fingerprint density at radius 2 is 1.88 bits per heavy atom. The van der Waals surface area contributed by atoms with Crippen molar-refractivity contribution in [3.63, 3.8) is 0 Å². The van der Waals surface area contributed by atoms with Crippen molar-refractivity contribution < 1.29 is 4.79 Å². The van der Waals surface area contributed by atoms with Crippen LogP contribution < -0.4 is 27.2 Å². The van der Waals surface area contributed by atoms with Crippen LogP contribution in [0.2, 0.25) is 0 Å². The monoisotopic (exact) mass is 568 g/mol. The summed E-state index contributed by atoms with van der Waals surface area (Å²) in [7, 11) is 1.61. The molecular weight excluding hydrogens is 532 g/mol. The molecule has 0 unspecified atom stereocenters. The molecule has 1 aromatic carbocycles. The lowest BCUT2D eigenvalue weighted by Gasteiger charge is -2.34. The fourth-order valence-corrected chi connectivity index (χ4v) is 6.14. The summed E-state index contributed by atoms with van der Waals surface area (Å²) in [6, 6.07) is 7.65. The van der Waals surface area contributed by atoms with Gasteiger partial charge in [0.25, 0.3) is 11.5 Å². The van der Waals surface area contributed by atoms with Gasteiger partial charge in [-0.2, -0.15) is 0 Å². The molecule has 11 heteroatoms. The Bertz CT molecular complexity index is 1890. The van der Waals surface area contributed by atoms with Gasteiger partial charge in [-0.05, 0) is 52.0 Å². The number of hydrogen-bond acceptors (Lipinski definition) is 7. The van der Waals surface area contributed by atoms with Crippen molar-refractivity contribution in [2.24, 2.45) is 12.8 Å². The van der Waals surface area contributed by atoms with Crippen LogP contribution in [0.5, 0.6) is 0 Å². The topological polar surface area (TPSA) is 133 Å². The SMILES string of the molecule is CC#CCn1c(N2CCC[C@@H](N)C2)c(C(=O)NC2CCC2)c2c1c(=O)n(Cc1nc(C)c3ccccc3n1)c(=O)n2C. The van der Waals surface area contributed by atoms with Gasteiger partial charge in [-0.25, -0.2) is 14.8 Å². The van der Waals surface area contributed by atoms with Crippen LogP contribution in [0.25, 0.3) is 21.9 Å². The molecule has 1 amide bonds. The van der Waals surface area contributed by atoms with Gasteiger partial charge >= 0.3 is 5.69 Å². The van der Waals surface area contributed by atoms with E-state index in [2.05, 4.69) is 32.0 Å². The van der Waals surface area contributed by atoms with Crippen LogP contribution in [0.1, 0.15) is 60.9 Å². The van der Waals surface area contributed by atoms with Gasteiger partial charge in [-0.15, -0.1) is 5.92 Å². The molecule has 4 heterocycles. The zero-order valence-electron chi connectivity index (χ0n) is 24.3. The number of aryl methyl sites for hydroxylation is 2. The average Bonchev–Trinajstić information content (AvgIpc) is 3.30. The Kier molecular flexibility index (Phi) is 7.33. The number of nitrogens with two attached hydrogens (primary N) is 1. The molecule has 1 aliphatic heterocycles. The number of carbonyl (C=O) groups is 1. The molecule has 42 heavy (non-hydrogen) atoms. The highest BCUT2D eigenvalue weighted by Crippen LogP contribution is 2.33. The Balaban J connectivity index is 1.60. The molecular formula is C31H36N8O3. The molecule has 3 N–H and O–H groups in total. The summed E-state index contributed by atoms with van der Waals surface area (Å²) < 4.78 is 4.36. The predicted octanol–water partition coefficient (Wildman–Crippen LogP) is 2.03. The highest BCUT2D eigenvalue weighted by molar-refractivity contribution is 6.11. The quantitative estimate of drug-likeness (QED) is 0.340. The molecule has 11 nitrogen and oxygen atoms in total. The van der Waals surface area contributed by atoms with Gasteiger partial charge in [0, 0.05) is 43.3 Å². The molecule has 1 atom stereocenters. The lowest BCUT2D eigenvalue weighted by Crippen LogP contribution is -2.45. The number of amides is 1. The van der Waals surface area contributed by atoms with Gasteiger partial charge in [-0.3, -0.25) is 18.7 Å². The van der Waals surface area contributed by atoms with Gasteiger partial charge in [0.1, 0.15) is 22.7 Å². The molecule has 0 bridgehead atoms. The van der Waals surface area contributed by atoms with Crippen LogP contribution in [0.15, 0.2) is 33.9 Å². The first-order chi connectivity index (χ1) is 20.3. The summed E-state index contributed by atoms with van der Waals surface area (Å²) in [5.41, 5.74) is 7.72. The predicted molar refractivity (Wildman–Crippen MR) is 163 cm³/mol. The molecule has 3 aromatic heterocycles. The molecule has 0 spiro atoms. The van der Waals surface area contributed by atoms with Crippen molar-refractivity contribution in [2.75, 3.05) is 18.0 Å². The van der Waals surface area contributed by atoms with Gasteiger partial charge in [-0.1, -0.05) is 24.1 Å². The van der Waals surface area contributed by atoms with Crippen LogP contribution in [0.3, 0.4) is 0 Å². The third-order valence-corrected chi connectivity index (χ3v) is 8.49. The molecule has 6 rings (SSSR count). The van der Waals surface area contributed by atoms with Gasteiger partial charge in [0.2, 0.25) is 0 Å². The van der Waals surface area contributed by atoms with Crippen LogP contribution in [-0.4, -0.2) is 54.7 Å². The summed E-state index contributed by atoms with van der Waals surface area (Å²) in [5, 5.41) is 4.05. The summed E-state index contributed by atoms with van der Waals surface area (Å²) in [4.78, 5) is 53.4. The maximum absolute atomic E-state index is 14.3. The minimum Gasteiger partial charge on any atom is -0.356 e. The van der Waals surface area contributed by atoms with Gasteiger partial charge in [0.05, 0.1) is 24.1 Å². The summed E-state index contributed by atoms with van der Waals surface area (Å²) >= 11 is 0. The first-order valence-electron chi connectivity index (χ1n) is 14.6. The minimum atomic E-state index is -0.541. The fourth-order valence-electron chi connectivity index (χ4n) is 6.14. The van der Waals surface area contributed by atoms with E-state index in [1.165, 1.54) is 4.57 Å². The van der Waals surface area contributed by atoms with E-state index in [0.717, 1.165) is 53.3 Å². The number of fused-ring (bicyclic) bond motifs is 2. The van der Waals surface area contributed by atoms with E-state index in [0.29, 0.717) is 35.8 Å². The summed E-state index contributed by atoms with van der Waals surface area (Å²) in [6.45, 7) is 4.91. The number of para-hydroxylation sites is 1. The van der Waals surface area contributed by atoms with Crippen LogP contribution in [0.4, 0.5) is 5.82 Å². The second-order valence-electron chi connectivity index (χ2n) is 11.3. The van der Waals surface area contributed by atoms with Crippen molar-refractivity contribution in [1.29, 1.82) is 0 Å². The largest absolute Gasteiger partial charge is 0.356 e. The van der Waals surface area contributed by atoms with Gasteiger partial charge < -0.3 is 20.5 Å². The van der Waals surface area contributed by atoms with Crippen molar-refractivity contribution in [1.82, 2.24) is 29.0 Å². The number of hydrogen-bond donors (Lipinski definition) is 2. The zero-order valence-corrected chi connectivity index (χ0v) is 24.3. The number of nitrogens with zero attached hydrogens (tertiary/aromatic N) is 6. The third kappa shape index (κ3) is 4.75. The number of rotatable bonds is 6. The standard InChI is InChI=1S/C31H36N8O3/c1-4-5-16-38-27-26(25(28(40)34-21-11-8-12-21)29(38)37-15-9-10-20(32)17-37)36(3)31(42)39(30(27)41)18-24-33-19(2)22-13-6-7-14-23(22)35-24/h6-7,13-14,20-21H,8-12,15-18,32H2,1-3H3,(H,34,40)/t20-/m1/s1. The van der Waals surface area contributed by atoms with Crippen LogP contribution >= 0.6 is 0 Å². The van der Waals surface area contributed by atoms with E-state index < -0.39 is 11.2 Å². The first-order valence-corrected chi connectivity index (χ1v) is 14.6. The van der Waals surface area contributed by atoms with E-state index in [-0.39, 0.29) is 36.6 Å². The van der Waals surface area contributed by atoms with Crippen molar-refractivity contribution >= 4 is 33.7 Å². The number of nitrogens with one attached hydrogen (secondary N) is 1. The lowest BCUT2D eigenvalue weighted by atomic mass is 9.93. The second kappa shape index (κ2) is 11.1. The highest BCUT2D eigenvalue weighted by atomic mass is 16.2. The number of anilines is 1. The van der Waals surface area contributed by atoms with Crippen molar-refractivity contribution in [3.8, 4) is 11.8 Å². The van der Waals surface area contributed by atoms with Crippen molar-refractivity contribution in [3.05, 3.63) is 62.2 Å². The average molecular weight is 569 g/mol. The normalized spacial score (nSPS) is 17.2. The maximum atomic E-state index is 14.3. The Labute approximate surface area is 243 Å².